The number of hydrogen-bond acceptors (Lipinski definition) is 6. The van der Waals surface area contributed by atoms with E-state index >= 15 is 0 Å². The Morgan fingerprint density at radius 2 is 0.889 bits per heavy atom. The van der Waals surface area contributed by atoms with Crippen molar-refractivity contribution in [1.29, 1.82) is 0 Å². The van der Waals surface area contributed by atoms with Crippen LogP contribution in [0.3, 0.4) is 0 Å². The molecule has 0 bridgehead atoms. The van der Waals surface area contributed by atoms with Crippen LogP contribution in [0.5, 0.6) is 0 Å². The summed E-state index contributed by atoms with van der Waals surface area (Å²) in [6.45, 7) is 0. The van der Waals surface area contributed by atoms with E-state index in [-0.39, 0.29) is 17.5 Å². The number of aromatic nitrogens is 3. The van der Waals surface area contributed by atoms with Crippen LogP contribution in [0.2, 0.25) is 0 Å². The van der Waals surface area contributed by atoms with Gasteiger partial charge in [-0.25, -0.2) is 15.0 Å². The molecule has 0 aliphatic rings. The number of rotatable bonds is 6. The van der Waals surface area contributed by atoms with Gasteiger partial charge in [0.15, 0.2) is 0 Å². The summed E-state index contributed by atoms with van der Waals surface area (Å²) in [5, 5.41) is 25.7. The van der Waals surface area contributed by atoms with Crippen LogP contribution in [0, 0.1) is 0 Å². The van der Waals surface area contributed by atoms with Gasteiger partial charge >= 0.3 is 17.9 Å². The zero-order valence-corrected chi connectivity index (χ0v) is 9.03. The van der Waals surface area contributed by atoms with Gasteiger partial charge in [-0.1, -0.05) is 0 Å². The molecule has 0 amide bonds. The maximum atomic E-state index is 10.5. The molecule has 9 heteroatoms. The zero-order chi connectivity index (χ0) is 13.7. The molecule has 0 aliphatic carbocycles. The van der Waals surface area contributed by atoms with Crippen molar-refractivity contribution in [2.75, 3.05) is 0 Å². The minimum atomic E-state index is -1.20. The van der Waals surface area contributed by atoms with Crippen LogP contribution >= 0.6 is 0 Å². The molecule has 96 valence electrons. The van der Waals surface area contributed by atoms with E-state index in [1.807, 2.05) is 0 Å². The first-order chi connectivity index (χ1) is 8.36. The van der Waals surface area contributed by atoms with E-state index in [4.69, 9.17) is 15.3 Å². The summed E-state index contributed by atoms with van der Waals surface area (Å²) < 4.78 is 0. The number of carboxylic acids is 3. The minimum Gasteiger partial charge on any atom is -0.481 e. The summed E-state index contributed by atoms with van der Waals surface area (Å²) in [5.74, 6) is -4.10. The third-order valence-corrected chi connectivity index (χ3v) is 1.70. The van der Waals surface area contributed by atoms with Crippen LogP contribution in [0.25, 0.3) is 0 Å². The molecule has 0 fully saturated rings. The number of aliphatic carboxylic acids is 3. The highest BCUT2D eigenvalue weighted by molar-refractivity contribution is 5.71. The van der Waals surface area contributed by atoms with E-state index in [0.29, 0.717) is 0 Å². The average molecular weight is 255 g/mol. The third-order valence-electron chi connectivity index (χ3n) is 1.70. The van der Waals surface area contributed by atoms with Crippen molar-refractivity contribution in [3.05, 3.63) is 17.5 Å². The molecule has 1 aromatic rings. The monoisotopic (exact) mass is 255 g/mol. The lowest BCUT2D eigenvalue weighted by molar-refractivity contribution is -0.137. The zero-order valence-electron chi connectivity index (χ0n) is 9.03. The first kappa shape index (κ1) is 13.5. The Balaban J connectivity index is 3.06. The highest BCUT2D eigenvalue weighted by Crippen LogP contribution is 2.00. The van der Waals surface area contributed by atoms with Crippen LogP contribution in [0.1, 0.15) is 17.5 Å². The Labute approximate surface area is 100 Å². The van der Waals surface area contributed by atoms with Gasteiger partial charge in [0.2, 0.25) is 0 Å². The fourth-order valence-electron chi connectivity index (χ4n) is 1.16. The number of hydrogen-bond donors (Lipinski definition) is 3. The van der Waals surface area contributed by atoms with Crippen LogP contribution < -0.4 is 0 Å². The Morgan fingerprint density at radius 3 is 1.06 bits per heavy atom. The number of carboxylic acid groups (broad SMARTS) is 3. The van der Waals surface area contributed by atoms with E-state index in [9.17, 15) is 14.4 Å². The molecule has 0 atom stereocenters. The maximum absolute atomic E-state index is 10.5. The molecule has 0 aromatic carbocycles. The molecule has 0 unspecified atom stereocenters. The SMILES string of the molecule is O=C(O)Cc1nc(CC(=O)O)nc(CC(=O)O)n1. The van der Waals surface area contributed by atoms with Gasteiger partial charge in [0.05, 0.1) is 0 Å². The molecule has 18 heavy (non-hydrogen) atoms. The van der Waals surface area contributed by atoms with E-state index in [2.05, 4.69) is 15.0 Å². The van der Waals surface area contributed by atoms with E-state index in [0.717, 1.165) is 0 Å². The molecule has 1 heterocycles. The second-order valence-corrected chi connectivity index (χ2v) is 3.30. The van der Waals surface area contributed by atoms with Crippen molar-refractivity contribution in [2.24, 2.45) is 0 Å². The first-order valence-corrected chi connectivity index (χ1v) is 4.75. The van der Waals surface area contributed by atoms with Gasteiger partial charge in [-0.3, -0.25) is 14.4 Å². The lowest BCUT2D eigenvalue weighted by Gasteiger charge is -2.03. The molecule has 0 saturated heterocycles. The summed E-state index contributed by atoms with van der Waals surface area (Å²) >= 11 is 0. The van der Waals surface area contributed by atoms with Crippen molar-refractivity contribution in [2.45, 2.75) is 19.3 Å². The summed E-state index contributed by atoms with van der Waals surface area (Å²) in [5.41, 5.74) is 0. The second kappa shape index (κ2) is 5.66. The molecule has 0 aliphatic heterocycles. The smallest absolute Gasteiger partial charge is 0.311 e. The fourth-order valence-corrected chi connectivity index (χ4v) is 1.16. The lowest BCUT2D eigenvalue weighted by Crippen LogP contribution is -2.16. The summed E-state index contributed by atoms with van der Waals surface area (Å²) in [6, 6.07) is 0. The Kier molecular flexibility index (Phi) is 4.24. The van der Waals surface area contributed by atoms with E-state index in [1.165, 1.54) is 0 Å². The lowest BCUT2D eigenvalue weighted by atomic mass is 10.3. The van der Waals surface area contributed by atoms with Gasteiger partial charge in [0.1, 0.15) is 36.7 Å². The average Bonchev–Trinajstić information content (AvgIpc) is 2.12. The van der Waals surface area contributed by atoms with Gasteiger partial charge in [-0.2, -0.15) is 0 Å². The molecule has 0 saturated carbocycles. The van der Waals surface area contributed by atoms with Gasteiger partial charge in [-0.05, 0) is 0 Å². The van der Waals surface area contributed by atoms with Crippen LogP contribution in [-0.2, 0) is 33.6 Å². The molecule has 1 rings (SSSR count). The quantitative estimate of drug-likeness (QED) is 0.566. The van der Waals surface area contributed by atoms with Gasteiger partial charge in [0.25, 0.3) is 0 Å². The third kappa shape index (κ3) is 4.51. The Bertz CT molecular complexity index is 417. The van der Waals surface area contributed by atoms with E-state index in [1.54, 1.807) is 0 Å². The van der Waals surface area contributed by atoms with Crippen molar-refractivity contribution in [1.82, 2.24) is 15.0 Å². The van der Waals surface area contributed by atoms with Crippen LogP contribution in [0.15, 0.2) is 0 Å². The first-order valence-electron chi connectivity index (χ1n) is 4.75. The topological polar surface area (TPSA) is 151 Å². The molecular formula is C9H9N3O6. The number of nitrogens with zero attached hydrogens (tertiary/aromatic N) is 3. The predicted molar refractivity (Wildman–Crippen MR) is 53.8 cm³/mol. The Morgan fingerprint density at radius 1 is 0.667 bits per heavy atom. The summed E-state index contributed by atoms with van der Waals surface area (Å²) in [6.07, 6.45) is -1.58. The summed E-state index contributed by atoms with van der Waals surface area (Å²) in [4.78, 5) is 42.4. The minimum absolute atomic E-state index is 0.162. The Hall–Kier alpha value is -2.58. The van der Waals surface area contributed by atoms with Gasteiger partial charge < -0.3 is 15.3 Å². The van der Waals surface area contributed by atoms with Crippen molar-refractivity contribution < 1.29 is 29.7 Å². The standard InChI is InChI=1S/C9H9N3O6/c13-7(14)1-4-10-5(2-8(15)16)12-6(11-4)3-9(17)18/h1-3H2,(H,13,14)(H,15,16)(H,17,18). The molecule has 0 radical (unpaired) electrons. The molecule has 9 nitrogen and oxygen atoms in total. The fraction of sp³-hybridized carbons (Fsp3) is 0.333. The highest BCUT2D eigenvalue weighted by Gasteiger charge is 2.13. The van der Waals surface area contributed by atoms with Crippen LogP contribution in [0.4, 0.5) is 0 Å². The van der Waals surface area contributed by atoms with Crippen molar-refractivity contribution in [3.8, 4) is 0 Å². The normalized spacial score (nSPS) is 10.0. The van der Waals surface area contributed by atoms with E-state index < -0.39 is 37.2 Å². The molecule has 3 N–H and O–H groups in total. The predicted octanol–water partition coefficient (Wildman–Crippen LogP) is -1.25. The highest BCUT2D eigenvalue weighted by atomic mass is 16.4. The summed E-state index contributed by atoms with van der Waals surface area (Å²) in [7, 11) is 0. The maximum Gasteiger partial charge on any atom is 0.311 e. The number of carbonyl (C=O) groups is 3. The van der Waals surface area contributed by atoms with Crippen molar-refractivity contribution in [3.63, 3.8) is 0 Å². The van der Waals surface area contributed by atoms with Crippen molar-refractivity contribution >= 4 is 17.9 Å². The van der Waals surface area contributed by atoms with Gasteiger partial charge in [0, 0.05) is 0 Å². The molecule has 0 spiro atoms. The molecule has 1 aromatic heterocycles. The van der Waals surface area contributed by atoms with Gasteiger partial charge in [-0.15, -0.1) is 0 Å². The largest absolute Gasteiger partial charge is 0.481 e. The second-order valence-electron chi connectivity index (χ2n) is 3.30. The molecular weight excluding hydrogens is 246 g/mol. The van der Waals surface area contributed by atoms with Crippen LogP contribution in [-0.4, -0.2) is 48.2 Å².